The summed E-state index contributed by atoms with van der Waals surface area (Å²) >= 11 is 0. The third-order valence-electron chi connectivity index (χ3n) is 0.577. The Morgan fingerprint density at radius 2 is 2.50 bits per heavy atom. The molecule has 1 atom stereocenters. The first kappa shape index (κ1) is 6.96. The second kappa shape index (κ2) is 4.13. The molecule has 0 saturated heterocycles. The maximum absolute atomic E-state index is 8.14. The minimum atomic E-state index is -0.296. The molecule has 0 spiro atoms. The van der Waals surface area contributed by atoms with Crippen LogP contribution < -0.4 is 0 Å². The Bertz CT molecular complexity index is 114. The lowest BCUT2D eigenvalue weighted by molar-refractivity contribution is 0.420. The molecule has 0 amide bonds. The van der Waals surface area contributed by atoms with Crippen molar-refractivity contribution in [1.29, 1.82) is 5.26 Å². The van der Waals surface area contributed by atoms with Gasteiger partial charge in [0.2, 0.25) is 0 Å². The summed E-state index contributed by atoms with van der Waals surface area (Å²) in [6, 6.07) is 1.63. The first-order valence-electron chi connectivity index (χ1n) is 2.25. The van der Waals surface area contributed by atoms with Crippen LogP contribution in [0.2, 0.25) is 0 Å². The Hall–Kier alpha value is -1.04. The Morgan fingerprint density at radius 1 is 1.88 bits per heavy atom. The van der Waals surface area contributed by atoms with E-state index in [4.69, 9.17) is 5.26 Å². The summed E-state index contributed by atoms with van der Waals surface area (Å²) in [5, 5.41) is 8.14. The molecular formula is C5H8N2O. The number of ether oxygens (including phenoxy) is 1. The van der Waals surface area contributed by atoms with Crippen LogP contribution in [0.5, 0.6) is 0 Å². The highest BCUT2D eigenvalue weighted by Gasteiger charge is 1.88. The number of aliphatic imine (C=N–C) groups is 1. The van der Waals surface area contributed by atoms with Gasteiger partial charge >= 0.3 is 0 Å². The number of hydrogen-bond acceptors (Lipinski definition) is 3. The van der Waals surface area contributed by atoms with Crippen LogP contribution in [0.1, 0.15) is 6.92 Å². The number of nitrogens with zero attached hydrogens (tertiary/aromatic N) is 2. The van der Waals surface area contributed by atoms with E-state index >= 15 is 0 Å². The van der Waals surface area contributed by atoms with Gasteiger partial charge in [0.1, 0.15) is 6.04 Å². The number of methoxy groups -OCH3 is 1. The van der Waals surface area contributed by atoms with Crippen molar-refractivity contribution in [3.8, 4) is 6.07 Å². The van der Waals surface area contributed by atoms with Crippen LogP contribution in [0, 0.1) is 11.3 Å². The fourth-order valence-corrected chi connectivity index (χ4v) is 0.185. The number of rotatable bonds is 2. The maximum Gasteiger partial charge on any atom is 0.170 e. The van der Waals surface area contributed by atoms with Gasteiger partial charge in [0.05, 0.1) is 13.2 Å². The molecule has 8 heavy (non-hydrogen) atoms. The molecule has 0 saturated carbocycles. The van der Waals surface area contributed by atoms with Crippen LogP contribution >= 0.6 is 0 Å². The summed E-state index contributed by atoms with van der Waals surface area (Å²) in [5.41, 5.74) is 0. The van der Waals surface area contributed by atoms with Gasteiger partial charge in [-0.3, -0.25) is 0 Å². The third kappa shape index (κ3) is 3.16. The number of nitriles is 1. The first-order chi connectivity index (χ1) is 3.81. The molecule has 0 bridgehead atoms. The molecule has 0 N–H and O–H groups in total. The van der Waals surface area contributed by atoms with E-state index < -0.39 is 0 Å². The number of hydrogen-bond donors (Lipinski definition) is 0. The van der Waals surface area contributed by atoms with Crippen molar-refractivity contribution < 1.29 is 4.74 Å². The summed E-state index contributed by atoms with van der Waals surface area (Å²) in [6.07, 6.45) is 1.26. The van der Waals surface area contributed by atoms with Crippen LogP contribution in [-0.2, 0) is 4.74 Å². The molecular weight excluding hydrogens is 104 g/mol. The zero-order chi connectivity index (χ0) is 6.41. The molecule has 0 aliphatic heterocycles. The van der Waals surface area contributed by atoms with Crippen molar-refractivity contribution >= 4 is 6.40 Å². The van der Waals surface area contributed by atoms with E-state index in [2.05, 4.69) is 9.73 Å². The van der Waals surface area contributed by atoms with Gasteiger partial charge in [0, 0.05) is 0 Å². The fourth-order valence-electron chi connectivity index (χ4n) is 0.185. The lowest BCUT2D eigenvalue weighted by atomic mass is 10.4. The smallest absolute Gasteiger partial charge is 0.170 e. The zero-order valence-corrected chi connectivity index (χ0v) is 4.96. The summed E-state index contributed by atoms with van der Waals surface area (Å²) in [6.45, 7) is 1.69. The average Bonchev–Trinajstić information content (AvgIpc) is 1.83. The van der Waals surface area contributed by atoms with Gasteiger partial charge in [-0.25, -0.2) is 4.99 Å². The molecule has 0 radical (unpaired) electrons. The minimum absolute atomic E-state index is 0.296. The second-order valence-electron chi connectivity index (χ2n) is 1.30. The van der Waals surface area contributed by atoms with Gasteiger partial charge in [-0.2, -0.15) is 5.26 Å². The summed E-state index contributed by atoms with van der Waals surface area (Å²) in [4.78, 5) is 3.65. The largest absolute Gasteiger partial charge is 0.487 e. The van der Waals surface area contributed by atoms with E-state index in [0.29, 0.717) is 0 Å². The van der Waals surface area contributed by atoms with Crippen LogP contribution in [0.25, 0.3) is 0 Å². The molecule has 3 nitrogen and oxygen atoms in total. The van der Waals surface area contributed by atoms with Crippen molar-refractivity contribution in [2.24, 2.45) is 4.99 Å². The molecule has 0 heterocycles. The Labute approximate surface area is 48.6 Å². The quantitative estimate of drug-likeness (QED) is 0.387. The molecule has 0 rings (SSSR count). The lowest BCUT2D eigenvalue weighted by Crippen LogP contribution is -1.92. The highest BCUT2D eigenvalue weighted by molar-refractivity contribution is 5.46. The van der Waals surface area contributed by atoms with Gasteiger partial charge < -0.3 is 4.74 Å². The van der Waals surface area contributed by atoms with Crippen molar-refractivity contribution in [1.82, 2.24) is 0 Å². The van der Waals surface area contributed by atoms with Gasteiger partial charge in [0.25, 0.3) is 0 Å². The average molecular weight is 112 g/mol. The van der Waals surface area contributed by atoms with Gasteiger partial charge in [-0.15, -0.1) is 0 Å². The van der Waals surface area contributed by atoms with Gasteiger partial charge in [-0.1, -0.05) is 0 Å². The van der Waals surface area contributed by atoms with Crippen molar-refractivity contribution in [2.45, 2.75) is 13.0 Å². The summed E-state index contributed by atoms with van der Waals surface area (Å²) < 4.78 is 4.47. The van der Waals surface area contributed by atoms with E-state index in [1.807, 2.05) is 6.07 Å². The molecule has 0 aromatic heterocycles. The fraction of sp³-hybridized carbons (Fsp3) is 0.600. The lowest BCUT2D eigenvalue weighted by Gasteiger charge is -1.88. The summed E-state index contributed by atoms with van der Waals surface area (Å²) in [7, 11) is 1.49. The SMILES string of the molecule is COC=NC(C)C#N. The predicted octanol–water partition coefficient (Wildman–Crippen LogP) is 0.573. The maximum atomic E-state index is 8.14. The zero-order valence-electron chi connectivity index (χ0n) is 4.96. The monoisotopic (exact) mass is 112 g/mol. The summed E-state index contributed by atoms with van der Waals surface area (Å²) in [5.74, 6) is 0. The van der Waals surface area contributed by atoms with E-state index in [1.165, 1.54) is 13.5 Å². The normalized spacial score (nSPS) is 13.1. The van der Waals surface area contributed by atoms with Crippen molar-refractivity contribution in [2.75, 3.05) is 7.11 Å². The van der Waals surface area contributed by atoms with E-state index in [-0.39, 0.29) is 6.04 Å². The molecule has 1 unspecified atom stereocenters. The van der Waals surface area contributed by atoms with Crippen LogP contribution in [-0.4, -0.2) is 19.6 Å². The highest BCUT2D eigenvalue weighted by Crippen LogP contribution is 1.81. The Morgan fingerprint density at radius 3 is 2.88 bits per heavy atom. The first-order valence-corrected chi connectivity index (χ1v) is 2.25. The van der Waals surface area contributed by atoms with Crippen molar-refractivity contribution in [3.05, 3.63) is 0 Å². The van der Waals surface area contributed by atoms with Crippen LogP contribution in [0.4, 0.5) is 0 Å². The second-order valence-corrected chi connectivity index (χ2v) is 1.30. The molecule has 0 fully saturated rings. The molecule has 0 aromatic rings. The standard InChI is InChI=1S/C5H8N2O/c1-5(3-6)7-4-8-2/h4-5H,1-2H3. The van der Waals surface area contributed by atoms with Crippen LogP contribution in [0.3, 0.4) is 0 Å². The molecule has 0 aliphatic carbocycles. The highest BCUT2D eigenvalue weighted by atomic mass is 16.5. The minimum Gasteiger partial charge on any atom is -0.487 e. The van der Waals surface area contributed by atoms with E-state index in [1.54, 1.807) is 6.92 Å². The van der Waals surface area contributed by atoms with E-state index in [9.17, 15) is 0 Å². The third-order valence-corrected chi connectivity index (χ3v) is 0.577. The topological polar surface area (TPSA) is 45.4 Å². The van der Waals surface area contributed by atoms with E-state index in [0.717, 1.165) is 0 Å². The molecule has 0 aromatic carbocycles. The van der Waals surface area contributed by atoms with Gasteiger partial charge in [0.15, 0.2) is 6.40 Å². The van der Waals surface area contributed by atoms with Crippen LogP contribution in [0.15, 0.2) is 4.99 Å². The molecule has 0 aliphatic rings. The molecule has 44 valence electrons. The Kier molecular flexibility index (Phi) is 3.59. The predicted molar refractivity (Wildman–Crippen MR) is 30.6 cm³/mol. The van der Waals surface area contributed by atoms with Crippen molar-refractivity contribution in [3.63, 3.8) is 0 Å². The van der Waals surface area contributed by atoms with Gasteiger partial charge in [-0.05, 0) is 6.92 Å². The molecule has 3 heteroatoms. The Balaban J connectivity index is 3.40.